The number of nitrogens with one attached hydrogen (secondary N) is 2. The lowest BCUT2D eigenvalue weighted by molar-refractivity contribution is 0.193. The Morgan fingerprint density at radius 1 is 0.978 bits per heavy atom. The average molecular weight is 623 g/mol. The number of amidine groups is 1. The van der Waals surface area contributed by atoms with Crippen molar-refractivity contribution in [1.82, 2.24) is 20.0 Å². The summed E-state index contributed by atoms with van der Waals surface area (Å²) in [5.41, 5.74) is 11.2. The van der Waals surface area contributed by atoms with Gasteiger partial charge in [-0.25, -0.2) is 4.99 Å². The van der Waals surface area contributed by atoms with Gasteiger partial charge in [-0.05, 0) is 71.1 Å². The van der Waals surface area contributed by atoms with Crippen LogP contribution in [0.3, 0.4) is 0 Å². The minimum absolute atomic E-state index is 0.275. The van der Waals surface area contributed by atoms with Gasteiger partial charge in [0.1, 0.15) is 18.2 Å². The number of hydrogen-bond donors (Lipinski definition) is 3. The maximum absolute atomic E-state index is 6.85. The number of ether oxygens (including phenoxy) is 3. The van der Waals surface area contributed by atoms with E-state index in [1.807, 2.05) is 26.2 Å². The lowest BCUT2D eigenvalue weighted by Gasteiger charge is -2.38. The Labute approximate surface area is 269 Å². The number of methoxy groups -OCH3 is 2. The lowest BCUT2D eigenvalue weighted by atomic mass is 10.0. The van der Waals surface area contributed by atoms with Crippen LogP contribution < -0.4 is 35.5 Å². The van der Waals surface area contributed by atoms with Gasteiger partial charge in [0.2, 0.25) is 0 Å². The predicted molar refractivity (Wildman–Crippen MR) is 183 cm³/mol. The molecule has 2 fully saturated rings. The molecule has 1 unspecified atom stereocenters. The van der Waals surface area contributed by atoms with Gasteiger partial charge >= 0.3 is 0 Å². The standard InChI is InChI=1S/C34H54N8O3/c1-39(2)19-14-34(35)37-28-23-32(44-6)31(43-5)22-26(28)33(38-34)36-25-12-17-42(18-13-25)24-27-29(40(3)4)10-9-11-30(27)45-21-20-41-15-7-8-16-41/h9-11,22-23,25,37H,7-8,12-21,24,35H2,1-6H3,(H,36,38). The van der Waals surface area contributed by atoms with Crippen molar-refractivity contribution in [3.8, 4) is 17.2 Å². The van der Waals surface area contributed by atoms with Gasteiger partial charge in [-0.2, -0.15) is 0 Å². The Bertz CT molecular complexity index is 1300. The minimum Gasteiger partial charge on any atom is -0.493 e. The van der Waals surface area contributed by atoms with Crippen LogP contribution in [0.5, 0.6) is 17.2 Å². The molecule has 0 radical (unpaired) electrons. The van der Waals surface area contributed by atoms with Gasteiger partial charge in [0, 0.05) is 82.2 Å². The number of nitrogens with zero attached hydrogens (tertiary/aromatic N) is 5. The molecular weight excluding hydrogens is 568 g/mol. The van der Waals surface area contributed by atoms with Gasteiger partial charge in [-0.15, -0.1) is 0 Å². The highest BCUT2D eigenvalue weighted by atomic mass is 16.5. The first kappa shape index (κ1) is 33.1. The molecule has 2 aromatic rings. The summed E-state index contributed by atoms with van der Waals surface area (Å²) in [5.74, 6) is 2.20. The van der Waals surface area contributed by atoms with Gasteiger partial charge in [-0.1, -0.05) is 6.07 Å². The van der Waals surface area contributed by atoms with E-state index in [4.69, 9.17) is 24.9 Å². The van der Waals surface area contributed by atoms with Crippen molar-refractivity contribution in [2.75, 3.05) is 98.5 Å². The van der Waals surface area contributed by atoms with Crippen LogP contribution >= 0.6 is 0 Å². The van der Waals surface area contributed by atoms with Crippen molar-refractivity contribution in [2.45, 2.75) is 50.5 Å². The Morgan fingerprint density at radius 2 is 1.69 bits per heavy atom. The SMILES string of the molecule is COc1cc2c(cc1OC)C(NC1CCN(Cc3c(OCCN4CCCC4)cccc3N(C)C)CC1)=NC(N)(CCN(C)C)N2. The molecule has 45 heavy (non-hydrogen) atoms. The van der Waals surface area contributed by atoms with Crippen LogP contribution in [0, 0.1) is 0 Å². The minimum atomic E-state index is -0.930. The molecule has 0 saturated carbocycles. The van der Waals surface area contributed by atoms with Gasteiger partial charge in [-0.3, -0.25) is 15.5 Å². The van der Waals surface area contributed by atoms with Gasteiger partial charge in [0.25, 0.3) is 0 Å². The molecule has 3 aliphatic rings. The molecule has 4 N–H and O–H groups in total. The van der Waals surface area contributed by atoms with Crippen molar-refractivity contribution in [2.24, 2.45) is 10.7 Å². The Balaban J connectivity index is 1.27. The fourth-order valence-corrected chi connectivity index (χ4v) is 6.53. The van der Waals surface area contributed by atoms with Gasteiger partial charge in [0.15, 0.2) is 17.3 Å². The molecule has 0 aromatic heterocycles. The summed E-state index contributed by atoms with van der Waals surface area (Å²) in [5, 5.41) is 7.25. The number of anilines is 2. The number of likely N-dealkylation sites (tertiary alicyclic amines) is 2. The molecule has 0 aliphatic carbocycles. The zero-order valence-electron chi connectivity index (χ0n) is 28.2. The molecular formula is C34H54N8O3. The van der Waals surface area contributed by atoms with E-state index in [1.165, 1.54) is 37.2 Å². The van der Waals surface area contributed by atoms with Crippen LogP contribution in [-0.4, -0.2) is 121 Å². The molecule has 5 rings (SSSR count). The second kappa shape index (κ2) is 14.9. The van der Waals surface area contributed by atoms with E-state index >= 15 is 0 Å². The van der Waals surface area contributed by atoms with Crippen LogP contribution in [0.4, 0.5) is 11.4 Å². The second-order valence-corrected chi connectivity index (χ2v) is 13.1. The molecule has 3 heterocycles. The van der Waals surface area contributed by atoms with Crippen molar-refractivity contribution in [3.63, 3.8) is 0 Å². The summed E-state index contributed by atoms with van der Waals surface area (Å²) in [4.78, 5) is 14.4. The zero-order chi connectivity index (χ0) is 32.0. The maximum Gasteiger partial charge on any atom is 0.185 e. The highest BCUT2D eigenvalue weighted by Gasteiger charge is 2.34. The van der Waals surface area contributed by atoms with Crippen LogP contribution in [0.25, 0.3) is 0 Å². The average Bonchev–Trinajstić information content (AvgIpc) is 3.54. The Kier molecular flexibility index (Phi) is 11.0. The van der Waals surface area contributed by atoms with Gasteiger partial charge < -0.3 is 34.6 Å². The van der Waals surface area contributed by atoms with Crippen molar-refractivity contribution < 1.29 is 14.2 Å². The van der Waals surface area contributed by atoms with Crippen LogP contribution in [0.1, 0.15) is 43.2 Å². The molecule has 0 amide bonds. The third kappa shape index (κ3) is 8.32. The molecule has 248 valence electrons. The molecule has 3 aliphatic heterocycles. The van der Waals surface area contributed by atoms with E-state index in [0.717, 1.165) is 75.0 Å². The quantitative estimate of drug-likeness (QED) is 0.309. The summed E-state index contributed by atoms with van der Waals surface area (Å²) in [6.45, 7) is 7.72. The molecule has 2 saturated heterocycles. The van der Waals surface area contributed by atoms with E-state index in [-0.39, 0.29) is 6.04 Å². The van der Waals surface area contributed by atoms with Crippen LogP contribution in [0.15, 0.2) is 35.3 Å². The number of hydrogen-bond acceptors (Lipinski definition) is 11. The summed E-state index contributed by atoms with van der Waals surface area (Å²) < 4.78 is 17.6. The largest absolute Gasteiger partial charge is 0.493 e. The topological polar surface area (TPSA) is 103 Å². The number of piperidine rings is 1. The molecule has 0 spiro atoms. The number of benzene rings is 2. The predicted octanol–water partition coefficient (Wildman–Crippen LogP) is 3.23. The maximum atomic E-state index is 6.85. The number of rotatable bonds is 13. The summed E-state index contributed by atoms with van der Waals surface area (Å²) in [7, 11) is 11.6. The van der Waals surface area contributed by atoms with Crippen molar-refractivity contribution in [3.05, 3.63) is 41.5 Å². The number of nitrogens with two attached hydrogens (primary N) is 1. The van der Waals surface area contributed by atoms with Gasteiger partial charge in [0.05, 0.1) is 19.9 Å². The van der Waals surface area contributed by atoms with Crippen LogP contribution in [0.2, 0.25) is 0 Å². The monoisotopic (exact) mass is 622 g/mol. The summed E-state index contributed by atoms with van der Waals surface area (Å²) >= 11 is 0. The lowest BCUT2D eigenvalue weighted by Crippen LogP contribution is -2.54. The fourth-order valence-electron chi connectivity index (χ4n) is 6.53. The first-order chi connectivity index (χ1) is 21.7. The highest BCUT2D eigenvalue weighted by molar-refractivity contribution is 6.06. The fraction of sp³-hybridized carbons (Fsp3) is 0.618. The van der Waals surface area contributed by atoms with E-state index in [2.05, 4.69) is 62.5 Å². The van der Waals surface area contributed by atoms with Crippen LogP contribution in [-0.2, 0) is 6.54 Å². The molecule has 1 atom stereocenters. The first-order valence-electron chi connectivity index (χ1n) is 16.4. The first-order valence-corrected chi connectivity index (χ1v) is 16.4. The van der Waals surface area contributed by atoms with E-state index in [1.54, 1.807) is 14.2 Å². The number of fused-ring (bicyclic) bond motifs is 1. The number of aliphatic imine (C=N–C) groups is 1. The Morgan fingerprint density at radius 3 is 2.36 bits per heavy atom. The smallest absolute Gasteiger partial charge is 0.185 e. The summed E-state index contributed by atoms with van der Waals surface area (Å²) in [6.07, 6.45) is 5.26. The Hall–Kier alpha value is -3.25. The third-order valence-electron chi connectivity index (χ3n) is 9.15. The molecule has 0 bridgehead atoms. The van der Waals surface area contributed by atoms with E-state index in [9.17, 15) is 0 Å². The second-order valence-electron chi connectivity index (χ2n) is 13.1. The van der Waals surface area contributed by atoms with Crippen molar-refractivity contribution >= 4 is 17.2 Å². The van der Waals surface area contributed by atoms with E-state index < -0.39 is 5.79 Å². The molecule has 11 heteroatoms. The summed E-state index contributed by atoms with van der Waals surface area (Å²) in [6, 6.07) is 10.7. The third-order valence-corrected chi connectivity index (χ3v) is 9.15. The van der Waals surface area contributed by atoms with Crippen molar-refractivity contribution in [1.29, 1.82) is 0 Å². The molecule has 11 nitrogen and oxygen atoms in total. The van der Waals surface area contributed by atoms with E-state index in [0.29, 0.717) is 17.9 Å². The zero-order valence-corrected chi connectivity index (χ0v) is 28.2. The molecule has 2 aromatic carbocycles. The normalized spacial score (nSPS) is 20.8. The highest BCUT2D eigenvalue weighted by Crippen LogP contribution is 2.37.